The van der Waals surface area contributed by atoms with Gasteiger partial charge in [-0.05, 0) is 47.9 Å². The fourth-order valence-corrected chi connectivity index (χ4v) is 2.74. The molecule has 0 aliphatic heterocycles. The third-order valence-corrected chi connectivity index (χ3v) is 4.18. The molecule has 4 nitrogen and oxygen atoms in total. The summed E-state index contributed by atoms with van der Waals surface area (Å²) in [7, 11) is 0. The van der Waals surface area contributed by atoms with Gasteiger partial charge in [-0.15, -0.1) is 0 Å². The Morgan fingerprint density at radius 2 is 1.34 bits per heavy atom. The number of hydrogen-bond acceptors (Lipinski definition) is 4. The van der Waals surface area contributed by atoms with Crippen molar-refractivity contribution in [2.75, 3.05) is 25.1 Å². The zero-order chi connectivity index (χ0) is 20.3. The van der Waals surface area contributed by atoms with Crippen molar-refractivity contribution >= 4 is 5.69 Å². The fourth-order valence-electron chi connectivity index (χ4n) is 2.74. The van der Waals surface area contributed by atoms with E-state index in [-0.39, 0.29) is 0 Å². The molecular weight excluding hydrogens is 362 g/mol. The summed E-state index contributed by atoms with van der Waals surface area (Å²) in [6.45, 7) is 6.73. The zero-order valence-electron chi connectivity index (χ0n) is 17.1. The Morgan fingerprint density at radius 1 is 0.690 bits per heavy atom. The minimum absolute atomic E-state index is 0.501. The Bertz CT molecular complexity index is 865. The first kappa shape index (κ1) is 20.6. The van der Waals surface area contributed by atoms with E-state index in [1.807, 2.05) is 66.7 Å². The normalized spacial score (nSPS) is 10.6. The van der Waals surface area contributed by atoms with Crippen LogP contribution in [0.25, 0.3) is 0 Å². The van der Waals surface area contributed by atoms with E-state index in [0.29, 0.717) is 25.7 Å². The molecule has 29 heavy (non-hydrogen) atoms. The van der Waals surface area contributed by atoms with Gasteiger partial charge in [0.05, 0.1) is 6.61 Å². The number of nitrogens with one attached hydrogen (secondary N) is 1. The van der Waals surface area contributed by atoms with Crippen LogP contribution < -0.4 is 19.5 Å². The molecule has 4 heteroatoms. The van der Waals surface area contributed by atoms with Crippen LogP contribution in [0.2, 0.25) is 0 Å². The van der Waals surface area contributed by atoms with Crippen molar-refractivity contribution < 1.29 is 14.2 Å². The molecule has 0 aliphatic carbocycles. The Hall–Kier alpha value is -3.14. The van der Waals surface area contributed by atoms with E-state index in [4.69, 9.17) is 14.2 Å². The Kier molecular flexibility index (Phi) is 7.81. The second-order valence-electron chi connectivity index (χ2n) is 7.24. The molecule has 3 aromatic carbocycles. The molecule has 3 rings (SSSR count). The quantitative estimate of drug-likeness (QED) is 0.420. The van der Waals surface area contributed by atoms with Crippen molar-refractivity contribution in [3.05, 3.63) is 84.4 Å². The molecule has 3 aromatic rings. The minimum atomic E-state index is 0.501. The van der Waals surface area contributed by atoms with E-state index >= 15 is 0 Å². The second-order valence-corrected chi connectivity index (χ2v) is 7.24. The maximum atomic E-state index is 5.82. The lowest BCUT2D eigenvalue weighted by molar-refractivity contribution is 0.217. The molecule has 0 spiro atoms. The van der Waals surface area contributed by atoms with Crippen LogP contribution >= 0.6 is 0 Å². The summed E-state index contributed by atoms with van der Waals surface area (Å²) in [6, 6.07) is 25.9. The van der Waals surface area contributed by atoms with Gasteiger partial charge in [0.2, 0.25) is 0 Å². The monoisotopic (exact) mass is 391 g/mol. The first-order valence-electron chi connectivity index (χ1n) is 10.1. The predicted molar refractivity (Wildman–Crippen MR) is 118 cm³/mol. The molecular formula is C25H29NO3. The topological polar surface area (TPSA) is 39.7 Å². The maximum Gasteiger partial charge on any atom is 0.122 e. The van der Waals surface area contributed by atoms with Gasteiger partial charge in [0.25, 0.3) is 0 Å². The minimum Gasteiger partial charge on any atom is -0.493 e. The third-order valence-electron chi connectivity index (χ3n) is 4.18. The summed E-state index contributed by atoms with van der Waals surface area (Å²) in [5.41, 5.74) is 2.19. The highest BCUT2D eigenvalue weighted by Crippen LogP contribution is 2.20. The molecule has 0 fully saturated rings. The third kappa shape index (κ3) is 7.41. The Morgan fingerprint density at radius 3 is 2.10 bits per heavy atom. The average Bonchev–Trinajstić information content (AvgIpc) is 2.75. The van der Waals surface area contributed by atoms with Crippen molar-refractivity contribution in [1.82, 2.24) is 0 Å². The first-order chi connectivity index (χ1) is 14.2. The van der Waals surface area contributed by atoms with Gasteiger partial charge < -0.3 is 19.5 Å². The van der Waals surface area contributed by atoms with Crippen molar-refractivity contribution in [2.24, 2.45) is 5.92 Å². The summed E-state index contributed by atoms with van der Waals surface area (Å²) < 4.78 is 17.3. The maximum absolute atomic E-state index is 5.82. The van der Waals surface area contributed by atoms with Crippen molar-refractivity contribution in [3.63, 3.8) is 0 Å². The average molecular weight is 392 g/mol. The standard InChI is InChI=1S/C25H29NO3/c1-20(2)19-29-25-13-7-9-22(17-25)26-18-21-8-6-12-24(16-21)28-15-14-27-23-10-4-3-5-11-23/h3-13,16-17,20,26H,14-15,18-19H2,1-2H3. The lowest BCUT2D eigenvalue weighted by atomic mass is 10.2. The van der Waals surface area contributed by atoms with Crippen LogP contribution in [0.1, 0.15) is 19.4 Å². The number of anilines is 1. The van der Waals surface area contributed by atoms with Crippen LogP contribution in [0, 0.1) is 5.92 Å². The molecule has 0 aromatic heterocycles. The van der Waals surface area contributed by atoms with Gasteiger partial charge in [-0.25, -0.2) is 0 Å². The SMILES string of the molecule is CC(C)COc1cccc(NCc2cccc(OCCOc3ccccc3)c2)c1. The molecule has 1 N–H and O–H groups in total. The molecule has 0 heterocycles. The summed E-state index contributed by atoms with van der Waals surface area (Å²) >= 11 is 0. The van der Waals surface area contributed by atoms with Crippen LogP contribution in [-0.4, -0.2) is 19.8 Å². The van der Waals surface area contributed by atoms with Crippen LogP contribution in [0.4, 0.5) is 5.69 Å². The molecule has 152 valence electrons. The molecule has 0 bridgehead atoms. The molecule has 0 atom stereocenters. The van der Waals surface area contributed by atoms with Gasteiger partial charge >= 0.3 is 0 Å². The molecule has 0 amide bonds. The van der Waals surface area contributed by atoms with Crippen LogP contribution in [0.15, 0.2) is 78.9 Å². The Labute approximate surface area is 173 Å². The van der Waals surface area contributed by atoms with Crippen LogP contribution in [0.5, 0.6) is 17.2 Å². The van der Waals surface area contributed by atoms with Gasteiger partial charge in [0.15, 0.2) is 0 Å². The molecule has 0 radical (unpaired) electrons. The molecule has 0 unspecified atom stereocenters. The highest BCUT2D eigenvalue weighted by molar-refractivity contribution is 5.48. The fraction of sp³-hybridized carbons (Fsp3) is 0.280. The van der Waals surface area contributed by atoms with Crippen molar-refractivity contribution in [2.45, 2.75) is 20.4 Å². The first-order valence-corrected chi connectivity index (χ1v) is 10.1. The molecule has 0 aliphatic rings. The number of benzene rings is 3. The zero-order valence-corrected chi connectivity index (χ0v) is 17.1. The highest BCUT2D eigenvalue weighted by atomic mass is 16.5. The lowest BCUT2D eigenvalue weighted by Gasteiger charge is -2.12. The molecule has 0 saturated carbocycles. The van der Waals surface area contributed by atoms with Crippen LogP contribution in [-0.2, 0) is 6.54 Å². The Balaban J connectivity index is 1.45. The van der Waals surface area contributed by atoms with E-state index in [1.165, 1.54) is 0 Å². The second kappa shape index (κ2) is 11.0. The van der Waals surface area contributed by atoms with Gasteiger partial charge in [-0.2, -0.15) is 0 Å². The number of para-hydroxylation sites is 1. The summed E-state index contributed by atoms with van der Waals surface area (Å²) in [5, 5.41) is 3.44. The predicted octanol–water partition coefficient (Wildman–Crippen LogP) is 5.79. The summed E-state index contributed by atoms with van der Waals surface area (Å²) in [5.74, 6) is 3.09. The van der Waals surface area contributed by atoms with E-state index in [1.54, 1.807) is 0 Å². The van der Waals surface area contributed by atoms with Gasteiger partial charge in [0.1, 0.15) is 30.5 Å². The lowest BCUT2D eigenvalue weighted by Crippen LogP contribution is -2.09. The van der Waals surface area contributed by atoms with E-state index in [2.05, 4.69) is 31.3 Å². The van der Waals surface area contributed by atoms with E-state index < -0.39 is 0 Å². The van der Waals surface area contributed by atoms with Gasteiger partial charge in [-0.3, -0.25) is 0 Å². The number of rotatable bonds is 11. The van der Waals surface area contributed by atoms with E-state index in [9.17, 15) is 0 Å². The van der Waals surface area contributed by atoms with E-state index in [0.717, 1.165) is 35.1 Å². The number of hydrogen-bond donors (Lipinski definition) is 1. The van der Waals surface area contributed by atoms with Crippen molar-refractivity contribution in [3.8, 4) is 17.2 Å². The number of ether oxygens (including phenoxy) is 3. The molecule has 0 saturated heterocycles. The summed E-state index contributed by atoms with van der Waals surface area (Å²) in [4.78, 5) is 0. The largest absolute Gasteiger partial charge is 0.493 e. The van der Waals surface area contributed by atoms with Gasteiger partial charge in [-0.1, -0.05) is 50.2 Å². The van der Waals surface area contributed by atoms with Crippen LogP contribution in [0.3, 0.4) is 0 Å². The van der Waals surface area contributed by atoms with Crippen molar-refractivity contribution in [1.29, 1.82) is 0 Å². The van der Waals surface area contributed by atoms with Gasteiger partial charge in [0, 0.05) is 18.3 Å². The smallest absolute Gasteiger partial charge is 0.122 e. The summed E-state index contributed by atoms with van der Waals surface area (Å²) in [6.07, 6.45) is 0. The highest BCUT2D eigenvalue weighted by Gasteiger charge is 2.01.